The van der Waals surface area contributed by atoms with Gasteiger partial charge in [-0.15, -0.1) is 11.3 Å². The first-order valence-corrected chi connectivity index (χ1v) is 4.26. The molecular weight excluding hydrogens is 176 g/mol. The number of aromatic nitrogens is 1. The van der Waals surface area contributed by atoms with Crippen molar-refractivity contribution < 1.29 is 4.79 Å². The lowest BCUT2D eigenvalue weighted by Gasteiger charge is -1.93. The first-order valence-electron chi connectivity index (χ1n) is 3.38. The Bertz CT molecular complexity index is 272. The maximum Gasteiger partial charge on any atom is 0.318 e. The molecule has 0 aliphatic heterocycles. The predicted molar refractivity (Wildman–Crippen MR) is 48.1 cm³/mol. The Labute approximate surface area is 74.0 Å². The van der Waals surface area contributed by atoms with Gasteiger partial charge in [0.15, 0.2) is 5.13 Å². The van der Waals surface area contributed by atoms with Crippen molar-refractivity contribution in [3.63, 3.8) is 0 Å². The van der Waals surface area contributed by atoms with E-state index in [0.29, 0.717) is 11.7 Å². The van der Waals surface area contributed by atoms with Crippen LogP contribution in [-0.4, -0.2) is 18.1 Å². The number of hydrogen-bond acceptors (Lipinski definition) is 4. The fraction of sp³-hybridized carbons (Fsp3) is 0.333. The minimum absolute atomic E-state index is 0.535. The first kappa shape index (κ1) is 8.95. The second kappa shape index (κ2) is 4.03. The molecular formula is C6H10N4OS. The van der Waals surface area contributed by atoms with Crippen molar-refractivity contribution in [2.75, 3.05) is 12.4 Å². The van der Waals surface area contributed by atoms with Gasteiger partial charge in [-0.1, -0.05) is 0 Å². The van der Waals surface area contributed by atoms with Gasteiger partial charge in [-0.25, -0.2) is 9.78 Å². The maximum atomic E-state index is 10.4. The first-order chi connectivity index (χ1) is 5.72. The van der Waals surface area contributed by atoms with Crippen LogP contribution in [0.3, 0.4) is 0 Å². The van der Waals surface area contributed by atoms with Gasteiger partial charge in [-0.2, -0.15) is 0 Å². The van der Waals surface area contributed by atoms with Gasteiger partial charge in [0.1, 0.15) is 0 Å². The third-order valence-corrected chi connectivity index (χ3v) is 1.95. The molecule has 0 saturated heterocycles. The Hall–Kier alpha value is -1.14. The highest BCUT2D eigenvalue weighted by molar-refractivity contribution is 7.13. The second-order valence-corrected chi connectivity index (χ2v) is 3.02. The molecule has 0 radical (unpaired) electrons. The Morgan fingerprint density at radius 1 is 1.83 bits per heavy atom. The number of anilines is 1. The van der Waals surface area contributed by atoms with Crippen molar-refractivity contribution in [1.29, 1.82) is 0 Å². The fourth-order valence-electron chi connectivity index (χ4n) is 0.732. The van der Waals surface area contributed by atoms with E-state index in [1.54, 1.807) is 0 Å². The van der Waals surface area contributed by atoms with E-state index in [1.807, 2.05) is 12.4 Å². The lowest BCUT2D eigenvalue weighted by atomic mass is 10.5. The predicted octanol–water partition coefficient (Wildman–Crippen LogP) is 0.353. The van der Waals surface area contributed by atoms with Crippen LogP contribution in [0, 0.1) is 0 Å². The molecule has 1 aromatic rings. The number of carbonyl (C=O) groups excluding carboxylic acids is 1. The molecule has 0 bridgehead atoms. The number of amides is 2. The largest absolute Gasteiger partial charge is 0.351 e. The van der Waals surface area contributed by atoms with Gasteiger partial charge in [0, 0.05) is 11.9 Å². The molecule has 1 rings (SSSR count). The standard InChI is InChI=1S/C6H10N4OS/c1-8-2-4-3-12-6(9-4)10-5(7)11/h3,8H,2H2,1H3,(H3,7,9,10,11). The summed E-state index contributed by atoms with van der Waals surface area (Å²) in [4.78, 5) is 14.5. The highest BCUT2D eigenvalue weighted by Gasteiger charge is 2.01. The quantitative estimate of drug-likeness (QED) is 0.637. The van der Waals surface area contributed by atoms with Gasteiger partial charge in [0.2, 0.25) is 0 Å². The average Bonchev–Trinajstić information content (AvgIpc) is 2.36. The van der Waals surface area contributed by atoms with E-state index >= 15 is 0 Å². The van der Waals surface area contributed by atoms with Crippen molar-refractivity contribution in [3.05, 3.63) is 11.1 Å². The summed E-state index contributed by atoms with van der Waals surface area (Å²) < 4.78 is 0. The summed E-state index contributed by atoms with van der Waals surface area (Å²) in [5, 5.41) is 7.75. The summed E-state index contributed by atoms with van der Waals surface area (Å²) in [6, 6.07) is -0.583. The van der Waals surface area contributed by atoms with E-state index in [0.717, 1.165) is 5.69 Å². The number of primary amides is 1. The zero-order chi connectivity index (χ0) is 8.97. The SMILES string of the molecule is CNCc1csc(NC(N)=O)n1. The molecule has 0 saturated carbocycles. The molecule has 66 valence electrons. The molecule has 4 N–H and O–H groups in total. The van der Waals surface area contributed by atoms with Gasteiger partial charge >= 0.3 is 6.03 Å². The number of nitrogens with zero attached hydrogens (tertiary/aromatic N) is 1. The van der Waals surface area contributed by atoms with Crippen molar-refractivity contribution in [3.8, 4) is 0 Å². The van der Waals surface area contributed by atoms with Crippen LogP contribution >= 0.6 is 11.3 Å². The number of hydrogen-bond donors (Lipinski definition) is 3. The number of nitrogens with one attached hydrogen (secondary N) is 2. The van der Waals surface area contributed by atoms with E-state index in [9.17, 15) is 4.79 Å². The van der Waals surface area contributed by atoms with Crippen LogP contribution in [0.2, 0.25) is 0 Å². The molecule has 1 heterocycles. The topological polar surface area (TPSA) is 80.0 Å². The van der Waals surface area contributed by atoms with Crippen LogP contribution < -0.4 is 16.4 Å². The van der Waals surface area contributed by atoms with Crippen LogP contribution in [0.25, 0.3) is 0 Å². The monoisotopic (exact) mass is 186 g/mol. The minimum Gasteiger partial charge on any atom is -0.351 e. The van der Waals surface area contributed by atoms with Gasteiger partial charge in [-0.05, 0) is 7.05 Å². The summed E-state index contributed by atoms with van der Waals surface area (Å²) >= 11 is 1.35. The van der Waals surface area contributed by atoms with Crippen LogP contribution in [-0.2, 0) is 6.54 Å². The van der Waals surface area contributed by atoms with Gasteiger partial charge in [0.05, 0.1) is 5.69 Å². The number of rotatable bonds is 3. The molecule has 6 heteroatoms. The molecule has 0 aliphatic carbocycles. The van der Waals surface area contributed by atoms with Crippen molar-refractivity contribution >= 4 is 22.5 Å². The number of nitrogens with two attached hydrogens (primary N) is 1. The lowest BCUT2D eigenvalue weighted by Crippen LogP contribution is -2.19. The molecule has 0 atom stereocenters. The van der Waals surface area contributed by atoms with E-state index in [2.05, 4.69) is 15.6 Å². The highest BCUT2D eigenvalue weighted by atomic mass is 32.1. The maximum absolute atomic E-state index is 10.4. The third kappa shape index (κ3) is 2.48. The molecule has 12 heavy (non-hydrogen) atoms. The van der Waals surface area contributed by atoms with E-state index in [-0.39, 0.29) is 0 Å². The molecule has 0 unspecified atom stereocenters. The molecule has 0 fully saturated rings. The van der Waals surface area contributed by atoms with Gasteiger partial charge in [0.25, 0.3) is 0 Å². The summed E-state index contributed by atoms with van der Waals surface area (Å²) in [5.74, 6) is 0. The molecule has 2 amide bonds. The lowest BCUT2D eigenvalue weighted by molar-refractivity contribution is 0.259. The summed E-state index contributed by atoms with van der Waals surface area (Å²) in [5.41, 5.74) is 5.80. The summed E-state index contributed by atoms with van der Waals surface area (Å²) in [7, 11) is 1.83. The Balaban J connectivity index is 2.58. The minimum atomic E-state index is -0.583. The third-order valence-electron chi connectivity index (χ3n) is 1.14. The highest BCUT2D eigenvalue weighted by Crippen LogP contribution is 2.14. The molecule has 1 aromatic heterocycles. The van der Waals surface area contributed by atoms with Crippen molar-refractivity contribution in [2.45, 2.75) is 6.54 Å². The van der Waals surface area contributed by atoms with Crippen molar-refractivity contribution in [2.24, 2.45) is 5.73 Å². The fourth-order valence-corrected chi connectivity index (χ4v) is 1.45. The Morgan fingerprint density at radius 3 is 3.17 bits per heavy atom. The molecule has 0 aliphatic rings. The van der Waals surface area contributed by atoms with Crippen LogP contribution in [0.5, 0.6) is 0 Å². The van der Waals surface area contributed by atoms with Crippen LogP contribution in [0.4, 0.5) is 9.93 Å². The number of urea groups is 1. The zero-order valence-electron chi connectivity index (χ0n) is 6.63. The Kier molecular flexibility index (Phi) is 3.01. The molecule has 0 spiro atoms. The molecule has 0 aromatic carbocycles. The Morgan fingerprint density at radius 2 is 2.58 bits per heavy atom. The van der Waals surface area contributed by atoms with Crippen molar-refractivity contribution in [1.82, 2.24) is 10.3 Å². The average molecular weight is 186 g/mol. The van der Waals surface area contributed by atoms with Gasteiger partial charge in [-0.3, -0.25) is 5.32 Å². The van der Waals surface area contributed by atoms with E-state index < -0.39 is 6.03 Å². The van der Waals surface area contributed by atoms with E-state index in [1.165, 1.54) is 11.3 Å². The summed E-state index contributed by atoms with van der Waals surface area (Å²) in [6.45, 7) is 0.691. The second-order valence-electron chi connectivity index (χ2n) is 2.16. The van der Waals surface area contributed by atoms with Gasteiger partial charge < -0.3 is 11.1 Å². The summed E-state index contributed by atoms with van der Waals surface area (Å²) in [6.07, 6.45) is 0. The van der Waals surface area contributed by atoms with E-state index in [4.69, 9.17) is 5.73 Å². The number of thiazole rings is 1. The smallest absolute Gasteiger partial charge is 0.318 e. The normalized spacial score (nSPS) is 9.75. The van der Waals surface area contributed by atoms with Crippen LogP contribution in [0.15, 0.2) is 5.38 Å². The zero-order valence-corrected chi connectivity index (χ0v) is 7.44. The van der Waals surface area contributed by atoms with Crippen LogP contribution in [0.1, 0.15) is 5.69 Å². The number of carbonyl (C=O) groups is 1. The molecule has 5 nitrogen and oxygen atoms in total.